The number of benzene rings is 2. The van der Waals surface area contributed by atoms with Crippen molar-refractivity contribution in [2.24, 2.45) is 0 Å². The molecular weight excluding hydrogens is 390 g/mol. The second-order valence-electron chi connectivity index (χ2n) is 6.20. The maximum Gasteiger partial charge on any atom is 0.251 e. The lowest BCUT2D eigenvalue weighted by Crippen LogP contribution is -2.24. The Hall–Kier alpha value is -3.23. The molecule has 0 aliphatic carbocycles. The Kier molecular flexibility index (Phi) is 6.58. The zero-order valence-corrected chi connectivity index (χ0v) is 16.6. The Morgan fingerprint density at radius 3 is 2.31 bits per heavy atom. The summed E-state index contributed by atoms with van der Waals surface area (Å²) in [6, 6.07) is 18.4. The van der Waals surface area contributed by atoms with E-state index in [1.165, 1.54) is 19.2 Å². The van der Waals surface area contributed by atoms with Crippen molar-refractivity contribution < 1.29 is 17.9 Å². The van der Waals surface area contributed by atoms with Crippen LogP contribution in [0.25, 0.3) is 0 Å². The fourth-order valence-electron chi connectivity index (χ4n) is 2.57. The van der Waals surface area contributed by atoms with E-state index in [1.807, 2.05) is 18.2 Å². The molecule has 0 radical (unpaired) electrons. The van der Waals surface area contributed by atoms with Crippen LogP contribution in [0.5, 0.6) is 5.75 Å². The largest absolute Gasteiger partial charge is 0.497 e. The van der Waals surface area contributed by atoms with Crippen LogP contribution in [0.15, 0.2) is 77.8 Å². The molecule has 1 amide bonds. The summed E-state index contributed by atoms with van der Waals surface area (Å²) >= 11 is 0. The lowest BCUT2D eigenvalue weighted by molar-refractivity contribution is 0.0950. The number of hydrogen-bond acceptors (Lipinski definition) is 5. The van der Waals surface area contributed by atoms with Crippen molar-refractivity contribution in [2.45, 2.75) is 18.0 Å². The third-order valence-corrected chi connectivity index (χ3v) is 5.63. The zero-order chi connectivity index (χ0) is 20.7. The third kappa shape index (κ3) is 5.63. The minimum absolute atomic E-state index is 0.115. The summed E-state index contributed by atoms with van der Waals surface area (Å²) in [6.07, 6.45) is 1.67. The summed E-state index contributed by atoms with van der Waals surface area (Å²) in [5.74, 6) is 0.363. The Morgan fingerprint density at radius 2 is 1.69 bits per heavy atom. The molecule has 1 aromatic heterocycles. The van der Waals surface area contributed by atoms with Gasteiger partial charge >= 0.3 is 0 Å². The van der Waals surface area contributed by atoms with Gasteiger partial charge in [0.2, 0.25) is 10.0 Å². The summed E-state index contributed by atoms with van der Waals surface area (Å²) in [6.45, 7) is 0.452. The van der Waals surface area contributed by atoms with Gasteiger partial charge in [0.05, 0.1) is 24.2 Å². The van der Waals surface area contributed by atoms with Crippen LogP contribution >= 0.6 is 0 Å². The van der Waals surface area contributed by atoms with Gasteiger partial charge in [0.15, 0.2) is 0 Å². The average Bonchev–Trinajstić information content (AvgIpc) is 2.77. The number of hydrogen-bond donors (Lipinski definition) is 2. The first kappa shape index (κ1) is 20.5. The number of nitrogens with zero attached hydrogens (tertiary/aromatic N) is 1. The van der Waals surface area contributed by atoms with E-state index in [4.69, 9.17) is 4.74 Å². The van der Waals surface area contributed by atoms with E-state index in [9.17, 15) is 13.2 Å². The highest BCUT2D eigenvalue weighted by Gasteiger charge is 2.14. The standard InChI is InChI=1S/C21H21N3O4S/c1-28-19-9-11-20(12-10-19)29(26,27)24-14-16-5-7-17(8-6-16)21(25)23-15-18-4-2-3-13-22-18/h2-13,24H,14-15H2,1H3,(H,23,25). The number of pyridine rings is 1. The first-order valence-electron chi connectivity index (χ1n) is 8.89. The quantitative estimate of drug-likeness (QED) is 0.594. The Labute approximate surface area is 169 Å². The number of carbonyl (C=O) groups excluding carboxylic acids is 1. The molecule has 0 unspecified atom stereocenters. The van der Waals surface area contributed by atoms with Crippen molar-refractivity contribution in [1.82, 2.24) is 15.0 Å². The molecule has 2 aromatic carbocycles. The SMILES string of the molecule is COc1ccc(S(=O)(=O)NCc2ccc(C(=O)NCc3ccccn3)cc2)cc1. The third-order valence-electron chi connectivity index (χ3n) is 4.21. The van der Waals surface area contributed by atoms with Crippen molar-refractivity contribution in [2.75, 3.05) is 7.11 Å². The summed E-state index contributed by atoms with van der Waals surface area (Å²) in [5, 5.41) is 2.80. The van der Waals surface area contributed by atoms with E-state index >= 15 is 0 Å². The van der Waals surface area contributed by atoms with Crippen LogP contribution in [-0.2, 0) is 23.1 Å². The van der Waals surface area contributed by atoms with Crippen molar-refractivity contribution >= 4 is 15.9 Å². The van der Waals surface area contributed by atoms with Gasteiger partial charge in [-0.25, -0.2) is 13.1 Å². The Bertz CT molecular complexity index is 1050. The molecule has 150 valence electrons. The predicted molar refractivity (Wildman–Crippen MR) is 109 cm³/mol. The molecule has 0 fully saturated rings. The highest BCUT2D eigenvalue weighted by atomic mass is 32.2. The van der Waals surface area contributed by atoms with Crippen LogP contribution in [0.1, 0.15) is 21.6 Å². The van der Waals surface area contributed by atoms with Gasteiger partial charge in [0.1, 0.15) is 5.75 Å². The average molecular weight is 411 g/mol. The highest BCUT2D eigenvalue weighted by molar-refractivity contribution is 7.89. The summed E-state index contributed by atoms with van der Waals surface area (Å²) in [4.78, 5) is 16.5. The van der Waals surface area contributed by atoms with Gasteiger partial charge in [0.25, 0.3) is 5.91 Å². The van der Waals surface area contributed by atoms with E-state index < -0.39 is 10.0 Å². The smallest absolute Gasteiger partial charge is 0.251 e. The van der Waals surface area contributed by atoms with Gasteiger partial charge < -0.3 is 10.1 Å². The molecule has 0 spiro atoms. The van der Waals surface area contributed by atoms with Gasteiger partial charge in [-0.15, -0.1) is 0 Å². The van der Waals surface area contributed by atoms with Gasteiger partial charge in [0, 0.05) is 18.3 Å². The van der Waals surface area contributed by atoms with E-state index in [0.717, 1.165) is 11.3 Å². The topological polar surface area (TPSA) is 97.4 Å². The minimum atomic E-state index is -3.64. The molecule has 0 bridgehead atoms. The number of nitrogens with one attached hydrogen (secondary N) is 2. The van der Waals surface area contributed by atoms with Crippen LogP contribution < -0.4 is 14.8 Å². The molecule has 3 rings (SSSR count). The van der Waals surface area contributed by atoms with Gasteiger partial charge in [-0.1, -0.05) is 18.2 Å². The molecule has 0 aliphatic rings. The molecule has 2 N–H and O–H groups in total. The van der Waals surface area contributed by atoms with E-state index in [0.29, 0.717) is 17.9 Å². The molecule has 0 saturated carbocycles. The van der Waals surface area contributed by atoms with Gasteiger partial charge in [-0.05, 0) is 54.1 Å². The number of methoxy groups -OCH3 is 1. The fourth-order valence-corrected chi connectivity index (χ4v) is 3.58. The van der Waals surface area contributed by atoms with Crippen LogP contribution in [0, 0.1) is 0 Å². The Balaban J connectivity index is 1.56. The monoisotopic (exact) mass is 411 g/mol. The number of ether oxygens (including phenoxy) is 1. The molecule has 8 heteroatoms. The first-order valence-corrected chi connectivity index (χ1v) is 10.4. The molecule has 0 saturated heterocycles. The second-order valence-corrected chi connectivity index (χ2v) is 7.97. The molecule has 3 aromatic rings. The Morgan fingerprint density at radius 1 is 0.966 bits per heavy atom. The maximum absolute atomic E-state index is 12.4. The second kappa shape index (κ2) is 9.31. The van der Waals surface area contributed by atoms with Crippen LogP contribution in [0.2, 0.25) is 0 Å². The van der Waals surface area contributed by atoms with E-state index in [1.54, 1.807) is 42.6 Å². The van der Waals surface area contributed by atoms with Crippen molar-refractivity contribution in [3.63, 3.8) is 0 Å². The normalized spacial score (nSPS) is 11.1. The summed E-state index contributed by atoms with van der Waals surface area (Å²) in [5.41, 5.74) is 2.00. The number of carbonyl (C=O) groups is 1. The van der Waals surface area contributed by atoms with E-state index in [-0.39, 0.29) is 17.3 Å². The predicted octanol–water partition coefficient (Wildman–Crippen LogP) is 2.50. The van der Waals surface area contributed by atoms with Crippen molar-refractivity contribution in [3.05, 3.63) is 89.7 Å². The fraction of sp³-hybridized carbons (Fsp3) is 0.143. The highest BCUT2D eigenvalue weighted by Crippen LogP contribution is 2.16. The molecule has 0 aliphatic heterocycles. The van der Waals surface area contributed by atoms with Crippen LogP contribution in [-0.4, -0.2) is 26.4 Å². The number of sulfonamides is 1. The molecule has 29 heavy (non-hydrogen) atoms. The molecular formula is C21H21N3O4S. The van der Waals surface area contributed by atoms with Crippen molar-refractivity contribution in [1.29, 1.82) is 0 Å². The summed E-state index contributed by atoms with van der Waals surface area (Å²) in [7, 11) is -2.12. The minimum Gasteiger partial charge on any atom is -0.497 e. The maximum atomic E-state index is 12.4. The number of aromatic nitrogens is 1. The summed E-state index contributed by atoms with van der Waals surface area (Å²) < 4.78 is 32.3. The first-order chi connectivity index (χ1) is 14.0. The van der Waals surface area contributed by atoms with E-state index in [2.05, 4.69) is 15.0 Å². The van der Waals surface area contributed by atoms with Gasteiger partial charge in [-0.3, -0.25) is 9.78 Å². The van der Waals surface area contributed by atoms with Gasteiger partial charge in [-0.2, -0.15) is 0 Å². The molecule has 0 atom stereocenters. The van der Waals surface area contributed by atoms with Crippen LogP contribution in [0.4, 0.5) is 0 Å². The molecule has 1 heterocycles. The number of amides is 1. The lowest BCUT2D eigenvalue weighted by Gasteiger charge is -2.09. The van der Waals surface area contributed by atoms with Crippen LogP contribution in [0.3, 0.4) is 0 Å². The van der Waals surface area contributed by atoms with Crippen molar-refractivity contribution in [3.8, 4) is 5.75 Å². The lowest BCUT2D eigenvalue weighted by atomic mass is 10.1. The molecule has 7 nitrogen and oxygen atoms in total. The zero-order valence-electron chi connectivity index (χ0n) is 15.8. The number of rotatable bonds is 8.